The molecule has 0 saturated carbocycles. The minimum Gasteiger partial charge on any atom is -0.428 e. The van der Waals surface area contributed by atoms with Gasteiger partial charge in [0.1, 0.15) is 0 Å². The van der Waals surface area contributed by atoms with E-state index in [0.29, 0.717) is 6.42 Å². The second-order valence-electron chi connectivity index (χ2n) is 6.02. The first-order valence-corrected chi connectivity index (χ1v) is 9.79. The zero-order valence-corrected chi connectivity index (χ0v) is 16.9. The number of esters is 4. The van der Waals surface area contributed by atoms with Crippen molar-refractivity contribution in [1.29, 1.82) is 0 Å². The van der Waals surface area contributed by atoms with Crippen LogP contribution < -0.4 is 0 Å². The van der Waals surface area contributed by atoms with E-state index in [1.807, 2.05) is 0 Å². The summed E-state index contributed by atoms with van der Waals surface area (Å²) in [4.78, 5) is 44.5. The molecule has 0 heterocycles. The van der Waals surface area contributed by atoms with Gasteiger partial charge >= 0.3 is 23.9 Å². The molecule has 0 unspecified atom stereocenters. The summed E-state index contributed by atoms with van der Waals surface area (Å²) in [6.45, 7) is 2.67. The van der Waals surface area contributed by atoms with Crippen molar-refractivity contribution < 1.29 is 38.1 Å². The number of unbranched alkanes of at least 4 members (excludes halogenated alkanes) is 6. The molecule has 0 fully saturated rings. The highest BCUT2D eigenvalue weighted by atomic mass is 16.7. The molecular formula is C20H32O8. The van der Waals surface area contributed by atoms with Crippen LogP contribution >= 0.6 is 0 Å². The fourth-order valence-corrected chi connectivity index (χ4v) is 2.06. The lowest BCUT2D eigenvalue weighted by molar-refractivity contribution is -0.167. The van der Waals surface area contributed by atoms with E-state index in [1.54, 1.807) is 19.9 Å². The molecule has 28 heavy (non-hydrogen) atoms. The van der Waals surface area contributed by atoms with Crippen molar-refractivity contribution in [2.45, 2.75) is 78.1 Å². The van der Waals surface area contributed by atoms with Crippen LogP contribution in [-0.4, -0.2) is 37.5 Å². The average Bonchev–Trinajstić information content (AvgIpc) is 2.68. The molecular weight excluding hydrogens is 368 g/mol. The largest absolute Gasteiger partial charge is 0.428 e. The van der Waals surface area contributed by atoms with E-state index in [2.05, 4.69) is 9.47 Å². The number of allylic oxidation sites excluding steroid dienone is 1. The smallest absolute Gasteiger partial charge is 0.333 e. The second-order valence-corrected chi connectivity index (χ2v) is 6.02. The molecule has 0 aliphatic rings. The van der Waals surface area contributed by atoms with Gasteiger partial charge in [0.15, 0.2) is 0 Å². The molecule has 8 heteroatoms. The maximum absolute atomic E-state index is 11.4. The third-order valence-corrected chi connectivity index (χ3v) is 3.69. The van der Waals surface area contributed by atoms with Crippen molar-refractivity contribution in [2.24, 2.45) is 0 Å². The number of carbonyl (C=O) groups is 4. The summed E-state index contributed by atoms with van der Waals surface area (Å²) in [5.41, 5.74) is 0. The highest BCUT2D eigenvalue weighted by Crippen LogP contribution is 2.09. The molecule has 0 aliphatic carbocycles. The normalized spacial score (nSPS) is 10.5. The Morgan fingerprint density at radius 2 is 1.14 bits per heavy atom. The van der Waals surface area contributed by atoms with Crippen molar-refractivity contribution in [1.82, 2.24) is 0 Å². The van der Waals surface area contributed by atoms with E-state index in [9.17, 15) is 19.2 Å². The van der Waals surface area contributed by atoms with Crippen LogP contribution in [0, 0.1) is 0 Å². The number of hydrogen-bond acceptors (Lipinski definition) is 8. The molecule has 0 atom stereocenters. The molecule has 0 saturated heterocycles. The second kappa shape index (κ2) is 18.0. The van der Waals surface area contributed by atoms with Gasteiger partial charge in [0, 0.05) is 25.3 Å². The van der Waals surface area contributed by atoms with Crippen LogP contribution in [0.5, 0.6) is 0 Å². The summed E-state index contributed by atoms with van der Waals surface area (Å²) >= 11 is 0. The number of rotatable bonds is 16. The molecule has 0 N–H and O–H groups in total. The van der Waals surface area contributed by atoms with Crippen LogP contribution in [0.15, 0.2) is 12.2 Å². The summed E-state index contributed by atoms with van der Waals surface area (Å²) in [7, 11) is 0. The van der Waals surface area contributed by atoms with Crippen molar-refractivity contribution >= 4 is 23.9 Å². The first-order valence-electron chi connectivity index (χ1n) is 9.79. The molecule has 0 aromatic rings. The van der Waals surface area contributed by atoms with Crippen molar-refractivity contribution in [2.75, 3.05) is 13.6 Å². The van der Waals surface area contributed by atoms with Crippen molar-refractivity contribution in [3.8, 4) is 0 Å². The van der Waals surface area contributed by atoms with Gasteiger partial charge in [-0.3, -0.25) is 14.4 Å². The molecule has 0 spiro atoms. The van der Waals surface area contributed by atoms with Crippen molar-refractivity contribution in [3.63, 3.8) is 0 Å². The Labute approximate surface area is 166 Å². The standard InChI is InChI=1S/C20H32O8/c1-3-17(21)25-15-27-19(23)13-11-9-7-5-6-8-10-12-14-20(24)28-16-26-18(22)4-2/h11,13H,3-10,12,14-16H2,1-2H3. The molecule has 0 aromatic heterocycles. The highest BCUT2D eigenvalue weighted by molar-refractivity contribution is 5.81. The fraction of sp³-hybridized carbons (Fsp3) is 0.700. The van der Waals surface area contributed by atoms with Gasteiger partial charge in [-0.1, -0.05) is 45.6 Å². The highest BCUT2D eigenvalue weighted by Gasteiger charge is 2.04. The Kier molecular flexibility index (Phi) is 16.5. The van der Waals surface area contributed by atoms with Gasteiger partial charge in [0.25, 0.3) is 0 Å². The lowest BCUT2D eigenvalue weighted by Crippen LogP contribution is -2.11. The molecule has 0 amide bonds. The first-order chi connectivity index (χ1) is 13.5. The molecule has 0 radical (unpaired) electrons. The van der Waals surface area contributed by atoms with Gasteiger partial charge in [0.05, 0.1) is 0 Å². The Bertz CT molecular complexity index is 498. The van der Waals surface area contributed by atoms with Gasteiger partial charge in [-0.05, 0) is 19.3 Å². The van der Waals surface area contributed by atoms with Crippen LogP contribution in [0.3, 0.4) is 0 Å². The van der Waals surface area contributed by atoms with E-state index >= 15 is 0 Å². The van der Waals surface area contributed by atoms with E-state index in [-0.39, 0.29) is 32.4 Å². The van der Waals surface area contributed by atoms with Gasteiger partial charge < -0.3 is 18.9 Å². The number of hydrogen-bond donors (Lipinski definition) is 0. The topological polar surface area (TPSA) is 105 Å². The predicted molar refractivity (Wildman–Crippen MR) is 101 cm³/mol. The minimum absolute atomic E-state index is 0.244. The van der Waals surface area contributed by atoms with E-state index in [4.69, 9.17) is 9.47 Å². The zero-order valence-electron chi connectivity index (χ0n) is 16.9. The van der Waals surface area contributed by atoms with Crippen LogP contribution in [-0.2, 0) is 38.1 Å². The maximum atomic E-state index is 11.4. The Morgan fingerprint density at radius 1 is 0.643 bits per heavy atom. The van der Waals surface area contributed by atoms with Gasteiger partial charge in [-0.25, -0.2) is 4.79 Å². The average molecular weight is 400 g/mol. The monoisotopic (exact) mass is 400 g/mol. The zero-order chi connectivity index (χ0) is 21.0. The third kappa shape index (κ3) is 17.1. The van der Waals surface area contributed by atoms with Gasteiger partial charge in [0.2, 0.25) is 13.6 Å². The van der Waals surface area contributed by atoms with Crippen LogP contribution in [0.4, 0.5) is 0 Å². The van der Waals surface area contributed by atoms with Crippen LogP contribution in [0.2, 0.25) is 0 Å². The number of carbonyl (C=O) groups excluding carboxylic acids is 4. The lowest BCUT2D eigenvalue weighted by atomic mass is 10.1. The summed E-state index contributed by atoms with van der Waals surface area (Å²) in [6, 6.07) is 0. The summed E-state index contributed by atoms with van der Waals surface area (Å²) in [5.74, 6) is -1.69. The number of ether oxygens (including phenoxy) is 4. The summed E-state index contributed by atoms with van der Waals surface area (Å²) in [6.07, 6.45) is 10.4. The molecule has 0 rings (SSSR count). The quantitative estimate of drug-likeness (QED) is 0.168. The predicted octanol–water partition coefficient (Wildman–Crippen LogP) is 3.57. The Morgan fingerprint density at radius 3 is 1.75 bits per heavy atom. The minimum atomic E-state index is -0.528. The molecule has 8 nitrogen and oxygen atoms in total. The van der Waals surface area contributed by atoms with Crippen LogP contribution in [0.25, 0.3) is 0 Å². The van der Waals surface area contributed by atoms with Gasteiger partial charge in [-0.15, -0.1) is 0 Å². The molecule has 160 valence electrons. The Hall–Kier alpha value is -2.38. The third-order valence-electron chi connectivity index (χ3n) is 3.69. The first kappa shape index (κ1) is 25.6. The van der Waals surface area contributed by atoms with Crippen LogP contribution in [0.1, 0.15) is 78.1 Å². The maximum Gasteiger partial charge on any atom is 0.333 e. The van der Waals surface area contributed by atoms with Gasteiger partial charge in [-0.2, -0.15) is 0 Å². The van der Waals surface area contributed by atoms with Crippen molar-refractivity contribution in [3.05, 3.63) is 12.2 Å². The molecule has 0 bridgehead atoms. The Balaban J connectivity index is 3.43. The summed E-state index contributed by atoms with van der Waals surface area (Å²) in [5, 5.41) is 0. The molecule has 0 aliphatic heterocycles. The van der Waals surface area contributed by atoms with E-state index in [0.717, 1.165) is 44.9 Å². The molecule has 0 aromatic carbocycles. The van der Waals surface area contributed by atoms with E-state index < -0.39 is 17.9 Å². The summed E-state index contributed by atoms with van der Waals surface area (Å²) < 4.78 is 18.8. The van der Waals surface area contributed by atoms with E-state index in [1.165, 1.54) is 6.08 Å². The fourth-order valence-electron chi connectivity index (χ4n) is 2.06. The SMILES string of the molecule is CCC(=O)OCOC(=O)C=CCCCCCCCCC(=O)OCOC(=O)CC. The lowest BCUT2D eigenvalue weighted by Gasteiger charge is -2.05.